The minimum atomic E-state index is -1.69. The zero-order valence-electron chi connectivity index (χ0n) is 6.37. The Morgan fingerprint density at radius 2 is 1.85 bits per heavy atom. The first-order valence-electron chi connectivity index (χ1n) is 3.37. The molecule has 0 unspecified atom stereocenters. The number of hydrogen-bond donors (Lipinski definition) is 2. The van der Waals surface area contributed by atoms with Gasteiger partial charge in [0, 0.05) is 11.0 Å². The quantitative estimate of drug-likeness (QED) is 0.561. The summed E-state index contributed by atoms with van der Waals surface area (Å²) in [5.74, 6) is 0. The molecule has 0 spiro atoms. The fourth-order valence-corrected chi connectivity index (χ4v) is 1.36. The predicted molar refractivity (Wildman–Crippen MR) is 51.7 cm³/mol. The number of aldehydes is 1. The Labute approximate surface area is 85.0 Å². The van der Waals surface area contributed by atoms with Crippen LogP contribution >= 0.6 is 23.2 Å². The summed E-state index contributed by atoms with van der Waals surface area (Å²) >= 11 is 11.3. The number of benzene rings is 1. The maximum absolute atomic E-state index is 10.4. The van der Waals surface area contributed by atoms with Crippen LogP contribution in [0.3, 0.4) is 0 Å². The molecule has 1 rings (SSSR count). The normalized spacial score (nSPS) is 9.85. The molecular formula is C7H5BCl2O3. The molecule has 0 aliphatic rings. The standard InChI is InChI=1S/C7H5BCl2O3/c9-6-4(3-11)1-2-5(7(6)10)8(12)13/h1-3,12-13H. The summed E-state index contributed by atoms with van der Waals surface area (Å²) in [6.07, 6.45) is 0.543. The third-order valence-corrected chi connectivity index (χ3v) is 2.46. The van der Waals surface area contributed by atoms with Crippen molar-refractivity contribution < 1.29 is 14.8 Å². The second-order valence-corrected chi connectivity index (χ2v) is 3.12. The van der Waals surface area contributed by atoms with Crippen LogP contribution in [0.25, 0.3) is 0 Å². The van der Waals surface area contributed by atoms with Gasteiger partial charge in [0.15, 0.2) is 6.29 Å². The molecule has 0 saturated heterocycles. The lowest BCUT2D eigenvalue weighted by molar-refractivity contribution is 0.112. The Morgan fingerprint density at radius 1 is 1.23 bits per heavy atom. The molecule has 1 aromatic carbocycles. The van der Waals surface area contributed by atoms with Crippen molar-refractivity contribution in [3.63, 3.8) is 0 Å². The van der Waals surface area contributed by atoms with Crippen molar-refractivity contribution in [1.82, 2.24) is 0 Å². The van der Waals surface area contributed by atoms with Crippen molar-refractivity contribution >= 4 is 42.1 Å². The number of hydrogen-bond acceptors (Lipinski definition) is 3. The first kappa shape index (κ1) is 10.5. The molecule has 0 atom stereocenters. The van der Waals surface area contributed by atoms with E-state index in [-0.39, 0.29) is 21.1 Å². The molecule has 0 aliphatic heterocycles. The fraction of sp³-hybridized carbons (Fsp3) is 0. The maximum atomic E-state index is 10.4. The van der Waals surface area contributed by atoms with E-state index >= 15 is 0 Å². The summed E-state index contributed by atoms with van der Waals surface area (Å²) in [4.78, 5) is 10.4. The van der Waals surface area contributed by atoms with Gasteiger partial charge in [0.25, 0.3) is 0 Å². The van der Waals surface area contributed by atoms with E-state index in [1.165, 1.54) is 12.1 Å². The van der Waals surface area contributed by atoms with Gasteiger partial charge in [0.2, 0.25) is 0 Å². The number of carbonyl (C=O) groups is 1. The molecule has 0 saturated carbocycles. The monoisotopic (exact) mass is 218 g/mol. The molecule has 0 radical (unpaired) electrons. The molecule has 1 aromatic rings. The van der Waals surface area contributed by atoms with Crippen molar-refractivity contribution in [2.24, 2.45) is 0 Å². The number of carbonyl (C=O) groups excluding carboxylic acids is 1. The molecule has 0 amide bonds. The van der Waals surface area contributed by atoms with E-state index in [9.17, 15) is 4.79 Å². The molecule has 68 valence electrons. The molecule has 13 heavy (non-hydrogen) atoms. The Bertz CT molecular complexity index is 341. The minimum Gasteiger partial charge on any atom is -0.423 e. The zero-order valence-corrected chi connectivity index (χ0v) is 7.88. The van der Waals surface area contributed by atoms with Crippen molar-refractivity contribution in [3.05, 3.63) is 27.7 Å². The van der Waals surface area contributed by atoms with Crippen molar-refractivity contribution in [3.8, 4) is 0 Å². The largest absolute Gasteiger partial charge is 0.490 e. The SMILES string of the molecule is O=Cc1ccc(B(O)O)c(Cl)c1Cl. The summed E-state index contributed by atoms with van der Waals surface area (Å²) < 4.78 is 0. The van der Waals surface area contributed by atoms with Gasteiger partial charge in [-0.25, -0.2) is 0 Å². The second-order valence-electron chi connectivity index (χ2n) is 2.36. The van der Waals surface area contributed by atoms with E-state index in [0.717, 1.165) is 0 Å². The average Bonchev–Trinajstić information content (AvgIpc) is 2.09. The molecule has 0 aromatic heterocycles. The Kier molecular flexibility index (Phi) is 3.33. The van der Waals surface area contributed by atoms with Gasteiger partial charge in [0.1, 0.15) is 0 Å². The molecular weight excluding hydrogens is 214 g/mol. The highest BCUT2D eigenvalue weighted by Crippen LogP contribution is 2.22. The molecule has 3 nitrogen and oxygen atoms in total. The van der Waals surface area contributed by atoms with Crippen molar-refractivity contribution in [2.75, 3.05) is 0 Å². The topological polar surface area (TPSA) is 57.5 Å². The summed E-state index contributed by atoms with van der Waals surface area (Å²) in [7, 11) is -1.69. The predicted octanol–water partition coefficient (Wildman–Crippen LogP) is 0.486. The van der Waals surface area contributed by atoms with Crippen molar-refractivity contribution in [1.29, 1.82) is 0 Å². The Hall–Kier alpha value is -0.545. The summed E-state index contributed by atoms with van der Waals surface area (Å²) in [6, 6.07) is 2.71. The Morgan fingerprint density at radius 3 is 2.31 bits per heavy atom. The van der Waals surface area contributed by atoms with Crippen molar-refractivity contribution in [2.45, 2.75) is 0 Å². The third-order valence-electron chi connectivity index (χ3n) is 1.55. The molecule has 6 heteroatoms. The smallest absolute Gasteiger partial charge is 0.423 e. The third kappa shape index (κ3) is 2.03. The summed E-state index contributed by atoms with van der Waals surface area (Å²) in [5, 5.41) is 17.7. The van der Waals surface area contributed by atoms with E-state index in [1.807, 2.05) is 0 Å². The van der Waals surface area contributed by atoms with Gasteiger partial charge in [-0.1, -0.05) is 35.3 Å². The van der Waals surface area contributed by atoms with Crippen LogP contribution in [0.4, 0.5) is 0 Å². The van der Waals surface area contributed by atoms with E-state index in [1.54, 1.807) is 0 Å². The molecule has 0 aliphatic carbocycles. The van der Waals surface area contributed by atoms with Crippen LogP contribution in [0.1, 0.15) is 10.4 Å². The molecule has 0 heterocycles. The Balaban J connectivity index is 3.31. The van der Waals surface area contributed by atoms with Gasteiger partial charge in [-0.15, -0.1) is 0 Å². The van der Waals surface area contributed by atoms with Gasteiger partial charge in [-0.2, -0.15) is 0 Å². The first-order valence-corrected chi connectivity index (χ1v) is 4.12. The highest BCUT2D eigenvalue weighted by molar-refractivity contribution is 6.64. The highest BCUT2D eigenvalue weighted by Gasteiger charge is 2.18. The lowest BCUT2D eigenvalue weighted by Gasteiger charge is -2.05. The second kappa shape index (κ2) is 4.11. The van der Waals surface area contributed by atoms with Gasteiger partial charge in [-0.3, -0.25) is 4.79 Å². The van der Waals surface area contributed by atoms with Crippen LogP contribution in [0, 0.1) is 0 Å². The van der Waals surface area contributed by atoms with Crippen LogP contribution in [0.2, 0.25) is 10.0 Å². The lowest BCUT2D eigenvalue weighted by Crippen LogP contribution is -2.31. The van der Waals surface area contributed by atoms with E-state index < -0.39 is 7.12 Å². The number of rotatable bonds is 2. The molecule has 0 bridgehead atoms. The van der Waals surface area contributed by atoms with Gasteiger partial charge < -0.3 is 10.0 Å². The minimum absolute atomic E-state index is 0.0127. The molecule has 2 N–H and O–H groups in total. The van der Waals surface area contributed by atoms with E-state index in [0.29, 0.717) is 6.29 Å². The first-order chi connectivity index (χ1) is 6.07. The van der Waals surface area contributed by atoms with Crippen LogP contribution < -0.4 is 5.46 Å². The average molecular weight is 219 g/mol. The summed E-state index contributed by atoms with van der Waals surface area (Å²) in [5.41, 5.74) is 0.299. The van der Waals surface area contributed by atoms with Crippen LogP contribution in [0.15, 0.2) is 12.1 Å². The lowest BCUT2D eigenvalue weighted by atomic mass is 9.80. The van der Waals surface area contributed by atoms with E-state index in [4.69, 9.17) is 33.2 Å². The highest BCUT2D eigenvalue weighted by atomic mass is 35.5. The van der Waals surface area contributed by atoms with Gasteiger partial charge in [0.05, 0.1) is 10.0 Å². The zero-order chi connectivity index (χ0) is 10.0. The van der Waals surface area contributed by atoms with Crippen LogP contribution in [-0.2, 0) is 0 Å². The van der Waals surface area contributed by atoms with Crippen LogP contribution in [-0.4, -0.2) is 23.5 Å². The number of halogens is 2. The van der Waals surface area contributed by atoms with Gasteiger partial charge >= 0.3 is 7.12 Å². The molecule has 0 fully saturated rings. The fourth-order valence-electron chi connectivity index (χ4n) is 0.870. The van der Waals surface area contributed by atoms with Gasteiger partial charge in [-0.05, 0) is 0 Å². The maximum Gasteiger partial charge on any atom is 0.490 e. The van der Waals surface area contributed by atoms with Crippen LogP contribution in [0.5, 0.6) is 0 Å². The summed E-state index contributed by atoms with van der Waals surface area (Å²) in [6.45, 7) is 0. The van der Waals surface area contributed by atoms with E-state index in [2.05, 4.69) is 0 Å².